The van der Waals surface area contributed by atoms with E-state index in [1.165, 1.54) is 0 Å². The molecule has 0 spiro atoms. The van der Waals surface area contributed by atoms with Crippen molar-refractivity contribution < 1.29 is 13.6 Å². The number of anilines is 1. The summed E-state index contributed by atoms with van der Waals surface area (Å²) in [5.74, 6) is -0.174. The number of carbonyl (C=O) groups excluding carboxylic acids is 1. The van der Waals surface area contributed by atoms with E-state index in [-0.39, 0.29) is 16.0 Å². The Morgan fingerprint density at radius 1 is 1.64 bits per heavy atom. The van der Waals surface area contributed by atoms with Crippen LogP contribution in [0.3, 0.4) is 0 Å². The minimum absolute atomic E-state index is 0.123. The number of nitrogens with zero attached hydrogens (tertiary/aromatic N) is 1. The molecule has 0 fully saturated rings. The standard InChI is InChI=1S/C7H4BrClF2N2O/c8-4-2(7(10)11)1-3(12)13-5(4)6(9)14/h1,7H,(H2,12,13). The molecule has 0 saturated heterocycles. The van der Waals surface area contributed by atoms with Crippen molar-refractivity contribution >= 4 is 38.6 Å². The summed E-state index contributed by atoms with van der Waals surface area (Å²) in [5, 5.41) is -0.939. The summed E-state index contributed by atoms with van der Waals surface area (Å²) in [5.41, 5.74) is 4.52. The summed E-state index contributed by atoms with van der Waals surface area (Å²) in [7, 11) is 0. The lowest BCUT2D eigenvalue weighted by Gasteiger charge is -2.06. The highest BCUT2D eigenvalue weighted by Gasteiger charge is 2.19. The lowest BCUT2D eigenvalue weighted by Crippen LogP contribution is -2.03. The maximum atomic E-state index is 12.4. The fourth-order valence-corrected chi connectivity index (χ4v) is 1.67. The van der Waals surface area contributed by atoms with E-state index in [1.807, 2.05) is 0 Å². The van der Waals surface area contributed by atoms with Gasteiger partial charge in [-0.1, -0.05) is 0 Å². The number of aromatic nitrogens is 1. The molecule has 0 aromatic carbocycles. The third-order valence-corrected chi connectivity index (χ3v) is 2.44. The number of alkyl halides is 2. The zero-order valence-electron chi connectivity index (χ0n) is 6.60. The van der Waals surface area contributed by atoms with E-state index in [4.69, 9.17) is 17.3 Å². The number of hydrogen-bond donors (Lipinski definition) is 1. The third kappa shape index (κ3) is 2.19. The molecule has 0 aliphatic rings. The number of rotatable bonds is 2. The molecular formula is C7H4BrClF2N2O. The topological polar surface area (TPSA) is 56.0 Å². The Balaban J connectivity index is 3.40. The molecule has 14 heavy (non-hydrogen) atoms. The lowest BCUT2D eigenvalue weighted by atomic mass is 10.2. The first-order valence-corrected chi connectivity index (χ1v) is 4.54. The average molecular weight is 285 g/mol. The molecule has 0 aliphatic heterocycles. The Morgan fingerprint density at radius 2 is 2.21 bits per heavy atom. The normalized spacial score (nSPS) is 10.6. The van der Waals surface area contributed by atoms with Gasteiger partial charge in [-0.05, 0) is 33.6 Å². The quantitative estimate of drug-likeness (QED) is 0.850. The van der Waals surface area contributed by atoms with Gasteiger partial charge in [0.2, 0.25) is 0 Å². The van der Waals surface area contributed by atoms with Crippen molar-refractivity contribution in [2.24, 2.45) is 0 Å². The van der Waals surface area contributed by atoms with Gasteiger partial charge in [-0.15, -0.1) is 0 Å². The Morgan fingerprint density at radius 3 is 2.64 bits per heavy atom. The molecule has 1 aromatic heterocycles. The summed E-state index contributed by atoms with van der Waals surface area (Å²) < 4.78 is 24.6. The molecular weight excluding hydrogens is 281 g/mol. The van der Waals surface area contributed by atoms with Crippen LogP contribution in [0.4, 0.5) is 14.6 Å². The zero-order valence-corrected chi connectivity index (χ0v) is 8.94. The average Bonchev–Trinajstić information content (AvgIpc) is 2.07. The molecule has 1 heterocycles. The van der Waals surface area contributed by atoms with Gasteiger partial charge in [0.15, 0.2) is 0 Å². The Bertz CT molecular complexity index is 386. The predicted molar refractivity (Wildman–Crippen MR) is 51.5 cm³/mol. The highest BCUT2D eigenvalue weighted by molar-refractivity contribution is 9.10. The molecule has 0 atom stereocenters. The first-order valence-electron chi connectivity index (χ1n) is 3.37. The summed E-state index contributed by atoms with van der Waals surface area (Å²) in [4.78, 5) is 14.3. The van der Waals surface area contributed by atoms with Gasteiger partial charge < -0.3 is 5.73 Å². The van der Waals surface area contributed by atoms with Crippen molar-refractivity contribution in [2.75, 3.05) is 5.73 Å². The summed E-state index contributed by atoms with van der Waals surface area (Å²) in [6.45, 7) is 0. The minimum Gasteiger partial charge on any atom is -0.384 e. The number of hydrogen-bond acceptors (Lipinski definition) is 3. The third-order valence-electron chi connectivity index (χ3n) is 1.43. The molecule has 0 unspecified atom stereocenters. The van der Waals surface area contributed by atoms with Gasteiger partial charge in [-0.3, -0.25) is 4.79 Å². The van der Waals surface area contributed by atoms with Gasteiger partial charge in [0.05, 0.1) is 4.47 Å². The second-order valence-corrected chi connectivity index (χ2v) is 3.51. The van der Waals surface area contributed by atoms with E-state index >= 15 is 0 Å². The number of nitrogens with two attached hydrogens (primary N) is 1. The SMILES string of the molecule is Nc1cc(C(F)F)c(Br)c(C(=O)Cl)n1. The molecule has 0 radical (unpaired) electrons. The van der Waals surface area contributed by atoms with Crippen molar-refractivity contribution in [3.8, 4) is 0 Å². The van der Waals surface area contributed by atoms with Gasteiger partial charge in [0, 0.05) is 5.56 Å². The van der Waals surface area contributed by atoms with Crippen molar-refractivity contribution in [1.29, 1.82) is 0 Å². The van der Waals surface area contributed by atoms with Crippen LogP contribution in [0.1, 0.15) is 22.5 Å². The van der Waals surface area contributed by atoms with Crippen LogP contribution in [-0.2, 0) is 0 Å². The van der Waals surface area contributed by atoms with E-state index in [0.717, 1.165) is 6.07 Å². The van der Waals surface area contributed by atoms with Crippen molar-refractivity contribution in [3.05, 3.63) is 21.8 Å². The Hall–Kier alpha value is -0.750. The van der Waals surface area contributed by atoms with Crippen molar-refractivity contribution in [1.82, 2.24) is 4.98 Å². The Labute approximate surface area is 91.4 Å². The number of pyridine rings is 1. The monoisotopic (exact) mass is 284 g/mol. The van der Waals surface area contributed by atoms with E-state index in [2.05, 4.69) is 20.9 Å². The van der Waals surface area contributed by atoms with Gasteiger partial charge in [-0.25, -0.2) is 13.8 Å². The molecule has 0 aliphatic carbocycles. The second-order valence-electron chi connectivity index (χ2n) is 2.37. The van der Waals surface area contributed by atoms with Crippen LogP contribution in [0.2, 0.25) is 0 Å². The van der Waals surface area contributed by atoms with Crippen LogP contribution in [-0.4, -0.2) is 10.2 Å². The van der Waals surface area contributed by atoms with Crippen molar-refractivity contribution in [3.63, 3.8) is 0 Å². The maximum absolute atomic E-state index is 12.4. The molecule has 2 N–H and O–H groups in total. The first kappa shape index (κ1) is 11.3. The molecule has 0 amide bonds. The minimum atomic E-state index is -2.75. The molecule has 0 saturated carbocycles. The summed E-state index contributed by atoms with van der Waals surface area (Å²) >= 11 is 7.94. The van der Waals surface area contributed by atoms with E-state index in [1.54, 1.807) is 0 Å². The number of carbonyl (C=O) groups is 1. The van der Waals surface area contributed by atoms with E-state index in [0.29, 0.717) is 0 Å². The molecule has 1 rings (SSSR count). The van der Waals surface area contributed by atoms with Crippen LogP contribution in [0.15, 0.2) is 10.5 Å². The van der Waals surface area contributed by atoms with E-state index in [9.17, 15) is 13.6 Å². The van der Waals surface area contributed by atoms with Gasteiger partial charge in [-0.2, -0.15) is 0 Å². The zero-order chi connectivity index (χ0) is 10.9. The maximum Gasteiger partial charge on any atom is 0.272 e. The van der Waals surface area contributed by atoms with Gasteiger partial charge in [0.25, 0.3) is 11.7 Å². The largest absolute Gasteiger partial charge is 0.384 e. The highest BCUT2D eigenvalue weighted by Crippen LogP contribution is 2.31. The van der Waals surface area contributed by atoms with Gasteiger partial charge in [0.1, 0.15) is 11.5 Å². The number of nitrogen functional groups attached to an aromatic ring is 1. The molecule has 7 heteroatoms. The smallest absolute Gasteiger partial charge is 0.272 e. The number of halogens is 4. The summed E-state index contributed by atoms with van der Waals surface area (Å²) in [6.07, 6.45) is -2.75. The van der Waals surface area contributed by atoms with Crippen molar-refractivity contribution in [2.45, 2.75) is 6.43 Å². The van der Waals surface area contributed by atoms with Crippen LogP contribution in [0.5, 0.6) is 0 Å². The van der Waals surface area contributed by atoms with Crippen LogP contribution < -0.4 is 5.73 Å². The lowest BCUT2D eigenvalue weighted by molar-refractivity contribution is 0.107. The molecule has 0 bridgehead atoms. The Kier molecular flexibility index (Phi) is 3.38. The van der Waals surface area contributed by atoms with E-state index < -0.39 is 17.2 Å². The van der Waals surface area contributed by atoms with Crippen LogP contribution in [0.25, 0.3) is 0 Å². The summed E-state index contributed by atoms with van der Waals surface area (Å²) in [6, 6.07) is 0.984. The molecule has 3 nitrogen and oxygen atoms in total. The first-order chi connectivity index (χ1) is 6.43. The fraction of sp³-hybridized carbons (Fsp3) is 0.143. The predicted octanol–water partition coefficient (Wildman–Crippen LogP) is 2.74. The van der Waals surface area contributed by atoms with Crippen LogP contribution in [0, 0.1) is 0 Å². The second kappa shape index (κ2) is 4.18. The molecule has 1 aromatic rings. The van der Waals surface area contributed by atoms with Crippen LogP contribution >= 0.6 is 27.5 Å². The fourth-order valence-electron chi connectivity index (χ4n) is 0.859. The highest BCUT2D eigenvalue weighted by atomic mass is 79.9. The van der Waals surface area contributed by atoms with Gasteiger partial charge >= 0.3 is 0 Å². The molecule has 76 valence electrons.